The van der Waals surface area contributed by atoms with Crippen LogP contribution in [0.4, 0.5) is 19.3 Å². The molecule has 0 atom stereocenters. The van der Waals surface area contributed by atoms with Gasteiger partial charge in [-0.1, -0.05) is 66.7 Å². The average molecular weight is 366 g/mol. The minimum atomic E-state index is -0.809. The summed E-state index contributed by atoms with van der Waals surface area (Å²) in [5, 5.41) is 4.90. The van der Waals surface area contributed by atoms with E-state index < -0.39 is 23.4 Å². The summed E-state index contributed by atoms with van der Waals surface area (Å²) >= 11 is 0. The number of hydrogen-bond acceptors (Lipinski definition) is 1. The van der Waals surface area contributed by atoms with E-state index in [2.05, 4.69) is 10.6 Å². The summed E-state index contributed by atoms with van der Waals surface area (Å²) in [5.74, 6) is -1.51. The van der Waals surface area contributed by atoms with Crippen LogP contribution in [-0.2, 0) is 0 Å². The molecule has 2 N–H and O–H groups in total. The lowest BCUT2D eigenvalue weighted by Gasteiger charge is -2.18. The van der Waals surface area contributed by atoms with Crippen LogP contribution in [0.2, 0.25) is 0 Å². The molecule has 0 saturated carbocycles. The number of urea groups is 1. The lowest BCUT2D eigenvalue weighted by atomic mass is 9.88. The van der Waals surface area contributed by atoms with Gasteiger partial charge in [0.05, 0.1) is 0 Å². The summed E-state index contributed by atoms with van der Waals surface area (Å²) in [6.07, 6.45) is 0.654. The summed E-state index contributed by atoms with van der Waals surface area (Å²) in [5.41, 5.74) is 1.84. The predicted octanol–water partition coefficient (Wildman–Crippen LogP) is 5.31. The molecule has 0 unspecified atom stereocenters. The van der Waals surface area contributed by atoms with E-state index in [0.717, 1.165) is 23.3 Å². The molecule has 138 valence electrons. The Morgan fingerprint density at radius 2 is 1.30 bits per heavy atom. The van der Waals surface area contributed by atoms with Crippen LogP contribution in [-0.4, -0.2) is 12.6 Å². The fraction of sp³-hybridized carbons (Fsp3) is 0.136. The van der Waals surface area contributed by atoms with Crippen LogP contribution in [0.15, 0.2) is 78.9 Å². The number of halogens is 2. The quantitative estimate of drug-likeness (QED) is 0.610. The van der Waals surface area contributed by atoms with Crippen LogP contribution < -0.4 is 10.6 Å². The highest BCUT2D eigenvalue weighted by molar-refractivity contribution is 5.89. The second kappa shape index (κ2) is 8.94. The second-order valence-electron chi connectivity index (χ2n) is 6.14. The first-order chi connectivity index (χ1) is 13.1. The lowest BCUT2D eigenvalue weighted by molar-refractivity contribution is 0.251. The molecule has 0 saturated heterocycles. The zero-order valence-corrected chi connectivity index (χ0v) is 14.7. The van der Waals surface area contributed by atoms with Crippen molar-refractivity contribution in [2.45, 2.75) is 12.3 Å². The number of carbonyl (C=O) groups excluding carboxylic acids is 1. The van der Waals surface area contributed by atoms with E-state index in [-0.39, 0.29) is 5.92 Å². The SMILES string of the molecule is O=C(NCCC(c1ccccc1)c1ccccc1)Nc1c(F)cccc1F. The fourth-order valence-corrected chi connectivity index (χ4v) is 3.00. The van der Waals surface area contributed by atoms with Gasteiger partial charge < -0.3 is 10.6 Å². The first-order valence-corrected chi connectivity index (χ1v) is 8.74. The normalized spacial score (nSPS) is 10.6. The van der Waals surface area contributed by atoms with E-state index in [9.17, 15) is 13.6 Å². The fourth-order valence-electron chi connectivity index (χ4n) is 3.00. The summed E-state index contributed by atoms with van der Waals surface area (Å²) in [6, 6.07) is 22.8. The van der Waals surface area contributed by atoms with Crippen molar-refractivity contribution in [3.63, 3.8) is 0 Å². The van der Waals surface area contributed by atoms with Crippen molar-refractivity contribution in [2.24, 2.45) is 0 Å². The molecular weight excluding hydrogens is 346 g/mol. The first kappa shape index (κ1) is 18.6. The molecule has 3 aromatic rings. The molecular formula is C22H20F2N2O. The third-order valence-electron chi connectivity index (χ3n) is 4.32. The average Bonchev–Trinajstić information content (AvgIpc) is 2.69. The zero-order valence-electron chi connectivity index (χ0n) is 14.7. The van der Waals surface area contributed by atoms with Crippen molar-refractivity contribution in [1.29, 1.82) is 0 Å². The van der Waals surface area contributed by atoms with Gasteiger partial charge in [-0.15, -0.1) is 0 Å². The molecule has 3 rings (SSSR count). The summed E-state index contributed by atoms with van der Waals surface area (Å²) in [6.45, 7) is 0.358. The number of benzene rings is 3. The molecule has 0 aliphatic rings. The van der Waals surface area contributed by atoms with Gasteiger partial charge in [-0.25, -0.2) is 13.6 Å². The Labute approximate surface area is 157 Å². The minimum absolute atomic E-state index is 0.109. The number of amides is 2. The molecule has 0 aliphatic carbocycles. The monoisotopic (exact) mass is 366 g/mol. The molecule has 27 heavy (non-hydrogen) atoms. The summed E-state index contributed by atoms with van der Waals surface area (Å²) in [4.78, 5) is 12.0. The Balaban J connectivity index is 1.63. The second-order valence-corrected chi connectivity index (χ2v) is 6.14. The Hall–Kier alpha value is -3.21. The maximum Gasteiger partial charge on any atom is 0.319 e. The third-order valence-corrected chi connectivity index (χ3v) is 4.32. The Morgan fingerprint density at radius 3 is 1.81 bits per heavy atom. The number of hydrogen-bond donors (Lipinski definition) is 2. The van der Waals surface area contributed by atoms with Gasteiger partial charge in [0.1, 0.15) is 17.3 Å². The molecule has 0 heterocycles. The van der Waals surface area contributed by atoms with Crippen molar-refractivity contribution in [1.82, 2.24) is 5.32 Å². The molecule has 0 spiro atoms. The van der Waals surface area contributed by atoms with Crippen molar-refractivity contribution in [3.8, 4) is 0 Å². The van der Waals surface area contributed by atoms with E-state index in [1.54, 1.807) is 0 Å². The van der Waals surface area contributed by atoms with Gasteiger partial charge in [-0.05, 0) is 29.7 Å². The lowest BCUT2D eigenvalue weighted by Crippen LogP contribution is -2.31. The van der Waals surface area contributed by atoms with E-state index in [0.29, 0.717) is 13.0 Å². The Bertz CT molecular complexity index is 826. The number of carbonyl (C=O) groups is 1. The minimum Gasteiger partial charge on any atom is -0.338 e. The van der Waals surface area contributed by atoms with Gasteiger partial charge in [0.2, 0.25) is 0 Å². The van der Waals surface area contributed by atoms with Crippen LogP contribution in [0.3, 0.4) is 0 Å². The number of para-hydroxylation sites is 1. The number of anilines is 1. The highest BCUT2D eigenvalue weighted by atomic mass is 19.1. The Kier molecular flexibility index (Phi) is 6.15. The van der Waals surface area contributed by atoms with Gasteiger partial charge in [-0.2, -0.15) is 0 Å². The van der Waals surface area contributed by atoms with Crippen LogP contribution in [0.5, 0.6) is 0 Å². The van der Waals surface area contributed by atoms with E-state index >= 15 is 0 Å². The van der Waals surface area contributed by atoms with Crippen molar-refractivity contribution >= 4 is 11.7 Å². The van der Waals surface area contributed by atoms with Crippen molar-refractivity contribution < 1.29 is 13.6 Å². The maximum atomic E-state index is 13.6. The summed E-state index contributed by atoms with van der Waals surface area (Å²) < 4.78 is 27.2. The van der Waals surface area contributed by atoms with Crippen molar-refractivity contribution in [3.05, 3.63) is 102 Å². The molecule has 0 aromatic heterocycles. The predicted molar refractivity (Wildman–Crippen MR) is 103 cm³/mol. The standard InChI is InChI=1S/C22H20F2N2O/c23-19-12-7-13-20(24)21(19)26-22(27)25-15-14-18(16-8-3-1-4-9-16)17-10-5-2-6-11-17/h1-13,18H,14-15H2,(H2,25,26,27). The molecule has 0 fully saturated rings. The zero-order chi connectivity index (χ0) is 19.1. The van der Waals surface area contributed by atoms with Gasteiger partial charge in [0.15, 0.2) is 0 Å². The Morgan fingerprint density at radius 1 is 0.778 bits per heavy atom. The maximum absolute atomic E-state index is 13.6. The van der Waals surface area contributed by atoms with Crippen LogP contribution in [0.25, 0.3) is 0 Å². The third kappa shape index (κ3) is 4.91. The molecule has 3 aromatic carbocycles. The highest BCUT2D eigenvalue weighted by Crippen LogP contribution is 2.27. The molecule has 0 radical (unpaired) electrons. The van der Waals surface area contributed by atoms with Gasteiger partial charge in [0.25, 0.3) is 0 Å². The van der Waals surface area contributed by atoms with E-state index in [1.165, 1.54) is 6.07 Å². The largest absolute Gasteiger partial charge is 0.338 e. The van der Waals surface area contributed by atoms with Crippen LogP contribution in [0.1, 0.15) is 23.5 Å². The first-order valence-electron chi connectivity index (χ1n) is 8.74. The smallest absolute Gasteiger partial charge is 0.319 e. The molecule has 2 amide bonds. The summed E-state index contributed by atoms with van der Waals surface area (Å²) in [7, 11) is 0. The molecule has 0 aliphatic heterocycles. The topological polar surface area (TPSA) is 41.1 Å². The van der Waals surface area contributed by atoms with E-state index in [4.69, 9.17) is 0 Å². The molecule has 3 nitrogen and oxygen atoms in total. The van der Waals surface area contributed by atoms with Gasteiger partial charge >= 0.3 is 6.03 Å². The van der Waals surface area contributed by atoms with Gasteiger partial charge in [0, 0.05) is 12.5 Å². The molecule has 0 bridgehead atoms. The molecule has 5 heteroatoms. The number of rotatable bonds is 6. The highest BCUT2D eigenvalue weighted by Gasteiger charge is 2.15. The number of nitrogens with one attached hydrogen (secondary N) is 2. The van der Waals surface area contributed by atoms with Crippen molar-refractivity contribution in [2.75, 3.05) is 11.9 Å². The van der Waals surface area contributed by atoms with Crippen LogP contribution >= 0.6 is 0 Å². The van der Waals surface area contributed by atoms with Gasteiger partial charge in [-0.3, -0.25) is 0 Å². The van der Waals surface area contributed by atoms with E-state index in [1.807, 2.05) is 60.7 Å². The van der Waals surface area contributed by atoms with Crippen LogP contribution in [0, 0.1) is 11.6 Å².